The Hall–Kier alpha value is -2.14. The van der Waals surface area contributed by atoms with E-state index >= 15 is 0 Å². The summed E-state index contributed by atoms with van der Waals surface area (Å²) in [6.07, 6.45) is 6.43. The maximum atomic E-state index is 13.1. The molecule has 12 heteroatoms. The molecule has 2 fully saturated rings. The van der Waals surface area contributed by atoms with Gasteiger partial charge in [0.2, 0.25) is 0 Å². The predicted molar refractivity (Wildman–Crippen MR) is 125 cm³/mol. The molecule has 4 heterocycles. The Morgan fingerprint density at radius 3 is 1.59 bits per heavy atom. The highest BCUT2D eigenvalue weighted by Gasteiger charge is 2.57. The van der Waals surface area contributed by atoms with E-state index in [1.54, 1.807) is 0 Å². The summed E-state index contributed by atoms with van der Waals surface area (Å²) >= 11 is 13.0. The molecular weight excluding hydrogens is 487 g/mol. The third-order valence-electron chi connectivity index (χ3n) is 7.39. The fourth-order valence-corrected chi connectivity index (χ4v) is 6.29. The first-order valence-corrected chi connectivity index (χ1v) is 11.8. The normalized spacial score (nSPS) is 33.8. The molecule has 2 saturated heterocycles. The maximum absolute atomic E-state index is 13.1. The highest BCUT2D eigenvalue weighted by molar-refractivity contribution is 6.33. The number of oxime groups is 2. The molecule has 0 N–H and O–H groups in total. The third kappa shape index (κ3) is 3.90. The van der Waals surface area contributed by atoms with Crippen molar-refractivity contribution in [1.29, 1.82) is 0 Å². The number of hydrogen-bond donors (Lipinski definition) is 0. The predicted octanol–water partition coefficient (Wildman–Crippen LogP) is 2.71. The van der Waals surface area contributed by atoms with Gasteiger partial charge in [0.25, 0.3) is 0 Å². The average molecular weight is 515 g/mol. The van der Waals surface area contributed by atoms with Gasteiger partial charge in [0, 0.05) is 46.1 Å². The number of likely N-dealkylation sites (N-methyl/N-ethyl adjacent to an activating group) is 2. The van der Waals surface area contributed by atoms with Gasteiger partial charge in [0.05, 0.1) is 12.4 Å². The Kier molecular flexibility index (Phi) is 6.97. The highest BCUT2D eigenvalue weighted by atomic mass is 35.5. The fourth-order valence-electron chi connectivity index (χ4n) is 5.54. The number of nitrogens with zero attached hydrogens (tertiary/aromatic N) is 4. The third-order valence-corrected chi connectivity index (χ3v) is 8.10. The highest BCUT2D eigenvalue weighted by Crippen LogP contribution is 2.49. The largest absolute Gasteiger partial charge is 0.431 e. The Labute approximate surface area is 208 Å². The second-order valence-electron chi connectivity index (χ2n) is 8.83. The topological polar surface area (TPSA) is 102 Å². The molecule has 0 radical (unpaired) electrons. The van der Waals surface area contributed by atoms with Crippen LogP contribution in [-0.4, -0.2) is 86.0 Å². The van der Waals surface area contributed by atoms with Gasteiger partial charge in [0.1, 0.15) is 14.2 Å². The van der Waals surface area contributed by atoms with Crippen LogP contribution in [0.1, 0.15) is 38.5 Å². The molecule has 4 atom stereocenters. The van der Waals surface area contributed by atoms with Gasteiger partial charge in [-0.25, -0.2) is 9.59 Å². The van der Waals surface area contributed by atoms with Crippen molar-refractivity contribution in [2.75, 3.05) is 28.3 Å². The van der Waals surface area contributed by atoms with Gasteiger partial charge in [-0.15, -0.1) is 0 Å². The van der Waals surface area contributed by atoms with E-state index in [4.69, 9.17) is 42.4 Å². The SMILES string of the molecule is CON=CC1=C(Cl)CC2CCC1(OC(=O)C(=O)OC13CCC(CC(Cl)=C1C=NOC)N3C)N2C. The number of halogens is 2. The van der Waals surface area contributed by atoms with Gasteiger partial charge in [-0.1, -0.05) is 33.5 Å². The van der Waals surface area contributed by atoms with Crippen molar-refractivity contribution in [3.63, 3.8) is 0 Å². The minimum absolute atomic E-state index is 0.0771. The van der Waals surface area contributed by atoms with Gasteiger partial charge >= 0.3 is 11.9 Å². The minimum Gasteiger partial charge on any atom is -0.431 e. The van der Waals surface area contributed by atoms with Crippen molar-refractivity contribution in [3.8, 4) is 0 Å². The smallest absolute Gasteiger partial charge is 0.419 e. The number of carbonyl (C=O) groups excluding carboxylic acids is 2. The van der Waals surface area contributed by atoms with E-state index < -0.39 is 23.4 Å². The number of hydrogen-bond acceptors (Lipinski definition) is 10. The summed E-state index contributed by atoms with van der Waals surface area (Å²) in [5.74, 6) is -2.25. The van der Waals surface area contributed by atoms with E-state index in [-0.39, 0.29) is 12.1 Å². The van der Waals surface area contributed by atoms with Crippen molar-refractivity contribution >= 4 is 47.6 Å². The molecule has 0 aliphatic carbocycles. The van der Waals surface area contributed by atoms with E-state index in [2.05, 4.69) is 10.3 Å². The van der Waals surface area contributed by atoms with Crippen molar-refractivity contribution in [3.05, 3.63) is 21.2 Å². The standard InChI is InChI=1S/C22H28Cl2N4O6/c1-27-13-5-7-21(27,15(11-25-31-3)17(23)9-13)33-19(29)20(30)34-22-8-6-14(28(22)2)10-18(24)16(22)12-26-32-4/h11-14H,5-10H2,1-4H3. The Morgan fingerprint density at radius 1 is 0.853 bits per heavy atom. The molecule has 4 unspecified atom stereocenters. The lowest BCUT2D eigenvalue weighted by molar-refractivity contribution is -0.197. The monoisotopic (exact) mass is 514 g/mol. The van der Waals surface area contributed by atoms with Gasteiger partial charge in [-0.3, -0.25) is 9.80 Å². The average Bonchev–Trinajstić information content (AvgIpc) is 3.14. The molecule has 4 aliphatic rings. The molecule has 0 spiro atoms. The van der Waals surface area contributed by atoms with Crippen LogP contribution >= 0.6 is 23.2 Å². The van der Waals surface area contributed by atoms with Gasteiger partial charge in [-0.05, 0) is 39.8 Å². The van der Waals surface area contributed by atoms with E-state index in [0.717, 1.165) is 12.8 Å². The summed E-state index contributed by atoms with van der Waals surface area (Å²) in [5.41, 5.74) is -1.50. The Bertz CT molecular complexity index is 920. The fraction of sp³-hybridized carbons (Fsp3) is 0.636. The molecule has 0 aromatic rings. The van der Waals surface area contributed by atoms with E-state index in [1.165, 1.54) is 26.6 Å². The second kappa shape index (κ2) is 9.49. The van der Waals surface area contributed by atoms with Crippen LogP contribution in [0.4, 0.5) is 0 Å². The molecule has 34 heavy (non-hydrogen) atoms. The zero-order valence-corrected chi connectivity index (χ0v) is 21.1. The summed E-state index contributed by atoms with van der Waals surface area (Å²) in [5, 5.41) is 8.67. The quantitative estimate of drug-likeness (QED) is 0.230. The Balaban J connectivity index is 1.61. The second-order valence-corrected chi connectivity index (χ2v) is 9.75. The van der Waals surface area contributed by atoms with Gasteiger partial charge < -0.3 is 19.1 Å². The van der Waals surface area contributed by atoms with Crippen LogP contribution < -0.4 is 0 Å². The Morgan fingerprint density at radius 2 is 1.24 bits per heavy atom. The lowest BCUT2D eigenvalue weighted by atomic mass is 9.97. The first-order chi connectivity index (χ1) is 16.2. The van der Waals surface area contributed by atoms with Crippen LogP contribution in [0.5, 0.6) is 0 Å². The van der Waals surface area contributed by atoms with Crippen molar-refractivity contribution < 1.29 is 28.7 Å². The van der Waals surface area contributed by atoms with Crippen molar-refractivity contribution in [2.24, 2.45) is 10.3 Å². The lowest BCUT2D eigenvalue weighted by Crippen LogP contribution is -2.56. The summed E-state index contributed by atoms with van der Waals surface area (Å²) < 4.78 is 11.7. The van der Waals surface area contributed by atoms with Crippen LogP contribution in [0.3, 0.4) is 0 Å². The molecule has 4 bridgehead atoms. The zero-order chi connectivity index (χ0) is 24.7. The summed E-state index contributed by atoms with van der Waals surface area (Å²) in [7, 11) is 6.47. The molecule has 0 saturated carbocycles. The number of ether oxygens (including phenoxy) is 2. The number of rotatable bonds is 6. The minimum atomic E-state index is -1.24. The summed E-state index contributed by atoms with van der Waals surface area (Å²) in [6.45, 7) is 0. The van der Waals surface area contributed by atoms with Gasteiger partial charge in [0.15, 0.2) is 11.4 Å². The molecule has 0 amide bonds. The number of esters is 2. The number of carbonyl (C=O) groups is 2. The van der Waals surface area contributed by atoms with Crippen LogP contribution in [0.15, 0.2) is 31.5 Å². The van der Waals surface area contributed by atoms with Crippen molar-refractivity contribution in [2.45, 2.75) is 62.1 Å². The number of fused-ring (bicyclic) bond motifs is 4. The first kappa shape index (κ1) is 25.0. The van der Waals surface area contributed by atoms with Crippen LogP contribution in [0, 0.1) is 0 Å². The summed E-state index contributed by atoms with van der Waals surface area (Å²) in [4.78, 5) is 39.7. The summed E-state index contributed by atoms with van der Waals surface area (Å²) in [6, 6.07) is 0.154. The van der Waals surface area contributed by atoms with Crippen LogP contribution in [-0.2, 0) is 28.7 Å². The van der Waals surface area contributed by atoms with Crippen molar-refractivity contribution in [1.82, 2.24) is 9.80 Å². The van der Waals surface area contributed by atoms with E-state index in [0.29, 0.717) is 46.9 Å². The van der Waals surface area contributed by atoms with Crippen LogP contribution in [0.25, 0.3) is 0 Å². The maximum Gasteiger partial charge on any atom is 0.419 e. The zero-order valence-electron chi connectivity index (χ0n) is 19.5. The molecule has 4 rings (SSSR count). The molecule has 4 aliphatic heterocycles. The molecular formula is C22H28Cl2N4O6. The van der Waals surface area contributed by atoms with E-state index in [1.807, 2.05) is 23.9 Å². The molecule has 186 valence electrons. The van der Waals surface area contributed by atoms with Gasteiger partial charge in [-0.2, -0.15) is 0 Å². The molecule has 0 aromatic carbocycles. The molecule has 0 aromatic heterocycles. The molecule has 10 nitrogen and oxygen atoms in total. The van der Waals surface area contributed by atoms with Crippen LogP contribution in [0.2, 0.25) is 0 Å². The lowest BCUT2D eigenvalue weighted by Gasteiger charge is -2.43. The first-order valence-electron chi connectivity index (χ1n) is 11.0. The van der Waals surface area contributed by atoms with E-state index in [9.17, 15) is 9.59 Å².